The fourth-order valence-electron chi connectivity index (χ4n) is 1.51. The minimum Gasteiger partial charge on any atom is -0.443 e. The van der Waals surface area contributed by atoms with Crippen LogP contribution in [0.1, 0.15) is 32.4 Å². The first kappa shape index (κ1) is 14.7. The molecule has 0 atom stereocenters. The molecule has 2 aromatic rings. The molecule has 0 aliphatic rings. The van der Waals surface area contributed by atoms with Crippen LogP contribution in [-0.2, 0) is 12.0 Å². The minimum absolute atomic E-state index is 0.125. The summed E-state index contributed by atoms with van der Waals surface area (Å²) >= 11 is 0. The van der Waals surface area contributed by atoms with E-state index in [1.807, 2.05) is 20.8 Å². The van der Waals surface area contributed by atoms with Gasteiger partial charge < -0.3 is 15.5 Å². The predicted octanol–water partition coefficient (Wildman–Crippen LogP) is 1.86. The number of aromatic nitrogens is 3. The van der Waals surface area contributed by atoms with Crippen molar-refractivity contribution in [2.45, 2.75) is 32.7 Å². The van der Waals surface area contributed by atoms with Crippen molar-refractivity contribution in [2.75, 3.05) is 11.1 Å². The zero-order valence-electron chi connectivity index (χ0n) is 12.0. The number of hydrogen-bond donors (Lipinski definition) is 2. The van der Waals surface area contributed by atoms with Crippen molar-refractivity contribution >= 4 is 17.5 Å². The van der Waals surface area contributed by atoms with E-state index in [0.717, 1.165) is 12.0 Å². The normalized spacial score (nSPS) is 11.4. The Hall–Kier alpha value is -2.71. The van der Waals surface area contributed by atoms with Crippen molar-refractivity contribution in [3.8, 4) is 0 Å². The number of nitrogens with two attached hydrogens (primary N) is 1. The largest absolute Gasteiger partial charge is 0.443 e. The molecule has 0 aliphatic carbocycles. The average molecular weight is 292 g/mol. The summed E-state index contributed by atoms with van der Waals surface area (Å²) in [6.07, 6.45) is 2.73. The lowest BCUT2D eigenvalue weighted by Crippen LogP contribution is -2.09. The summed E-state index contributed by atoms with van der Waals surface area (Å²) in [7, 11) is 0. The van der Waals surface area contributed by atoms with Crippen LogP contribution in [0.4, 0.5) is 17.5 Å². The van der Waals surface area contributed by atoms with E-state index < -0.39 is 4.92 Å². The molecule has 9 heteroatoms. The van der Waals surface area contributed by atoms with Crippen LogP contribution in [0.25, 0.3) is 0 Å². The van der Waals surface area contributed by atoms with Crippen molar-refractivity contribution < 1.29 is 9.34 Å². The van der Waals surface area contributed by atoms with Crippen LogP contribution >= 0.6 is 0 Å². The molecule has 2 heterocycles. The van der Waals surface area contributed by atoms with Crippen LogP contribution in [0.3, 0.4) is 0 Å². The van der Waals surface area contributed by atoms with E-state index in [1.165, 1.54) is 0 Å². The molecular formula is C12H16N6O3. The van der Waals surface area contributed by atoms with Crippen molar-refractivity contribution in [2.24, 2.45) is 0 Å². The van der Waals surface area contributed by atoms with Gasteiger partial charge in [-0.1, -0.05) is 20.8 Å². The molecule has 0 unspecified atom stereocenters. The van der Waals surface area contributed by atoms with Crippen molar-refractivity contribution in [1.82, 2.24) is 15.0 Å². The summed E-state index contributed by atoms with van der Waals surface area (Å²) in [5.74, 6) is 1.22. The smallest absolute Gasteiger partial charge is 0.329 e. The maximum absolute atomic E-state index is 10.6. The average Bonchev–Trinajstić information content (AvgIpc) is 2.84. The van der Waals surface area contributed by atoms with Crippen molar-refractivity contribution in [3.05, 3.63) is 34.2 Å². The Labute approximate surface area is 120 Å². The molecule has 2 rings (SSSR count). The van der Waals surface area contributed by atoms with Gasteiger partial charge in [0.05, 0.1) is 17.7 Å². The van der Waals surface area contributed by atoms with Gasteiger partial charge in [0.15, 0.2) is 0 Å². The number of nitrogen functional groups attached to an aromatic ring is 1. The van der Waals surface area contributed by atoms with E-state index in [-0.39, 0.29) is 29.4 Å². The fourth-order valence-corrected chi connectivity index (χ4v) is 1.51. The number of nitro groups is 1. The van der Waals surface area contributed by atoms with E-state index in [0.29, 0.717) is 5.89 Å². The van der Waals surface area contributed by atoms with Gasteiger partial charge in [0.1, 0.15) is 12.0 Å². The highest BCUT2D eigenvalue weighted by Crippen LogP contribution is 2.23. The van der Waals surface area contributed by atoms with Gasteiger partial charge in [0.25, 0.3) is 0 Å². The Morgan fingerprint density at radius 2 is 2.10 bits per heavy atom. The number of hydrogen-bond acceptors (Lipinski definition) is 8. The third-order valence-corrected chi connectivity index (χ3v) is 2.69. The molecule has 3 N–H and O–H groups in total. The Kier molecular flexibility index (Phi) is 3.74. The van der Waals surface area contributed by atoms with Crippen LogP contribution < -0.4 is 11.1 Å². The highest BCUT2D eigenvalue weighted by molar-refractivity contribution is 5.53. The first-order valence-corrected chi connectivity index (χ1v) is 6.23. The van der Waals surface area contributed by atoms with Gasteiger partial charge in [0, 0.05) is 5.41 Å². The summed E-state index contributed by atoms with van der Waals surface area (Å²) in [5.41, 5.74) is 5.03. The molecule has 2 aromatic heterocycles. The molecule has 0 aliphatic heterocycles. The molecule has 0 fully saturated rings. The summed E-state index contributed by atoms with van der Waals surface area (Å²) in [6, 6.07) is 0. The van der Waals surface area contributed by atoms with Gasteiger partial charge in [-0.3, -0.25) is 10.1 Å². The van der Waals surface area contributed by atoms with Crippen molar-refractivity contribution in [3.63, 3.8) is 0 Å². The quantitative estimate of drug-likeness (QED) is 0.644. The molecule has 0 amide bonds. The molecule has 0 spiro atoms. The summed E-state index contributed by atoms with van der Waals surface area (Å²) in [5, 5.41) is 13.5. The molecule has 112 valence electrons. The van der Waals surface area contributed by atoms with E-state index in [4.69, 9.17) is 10.2 Å². The van der Waals surface area contributed by atoms with Gasteiger partial charge in [-0.25, -0.2) is 9.97 Å². The van der Waals surface area contributed by atoms with Gasteiger partial charge >= 0.3 is 5.69 Å². The first-order chi connectivity index (χ1) is 9.77. The van der Waals surface area contributed by atoms with Gasteiger partial charge in [0.2, 0.25) is 17.7 Å². The molecular weight excluding hydrogens is 276 g/mol. The van der Waals surface area contributed by atoms with Crippen LogP contribution in [0.15, 0.2) is 16.8 Å². The molecule has 21 heavy (non-hydrogen) atoms. The highest BCUT2D eigenvalue weighted by atomic mass is 16.6. The standard InChI is InChI=1S/C12H16N6O3/c1-12(2,3)8-5-14-9(21-8)6-16-11-15-4-7(18(19)20)10(13)17-11/h4-5H,6H2,1-3H3,(H3,13,15,16,17). The Balaban J connectivity index is 2.05. The van der Waals surface area contributed by atoms with Crippen LogP contribution in [0.2, 0.25) is 0 Å². The Morgan fingerprint density at radius 1 is 1.38 bits per heavy atom. The molecule has 0 saturated carbocycles. The predicted molar refractivity (Wildman–Crippen MR) is 75.6 cm³/mol. The molecule has 0 radical (unpaired) electrons. The lowest BCUT2D eigenvalue weighted by molar-refractivity contribution is -0.384. The maximum atomic E-state index is 10.6. The lowest BCUT2D eigenvalue weighted by Gasteiger charge is -2.13. The molecule has 0 aromatic carbocycles. The number of rotatable bonds is 4. The summed E-state index contributed by atoms with van der Waals surface area (Å²) in [6.45, 7) is 6.31. The van der Waals surface area contributed by atoms with E-state index in [2.05, 4.69) is 20.3 Å². The lowest BCUT2D eigenvalue weighted by atomic mass is 9.94. The fraction of sp³-hybridized carbons (Fsp3) is 0.417. The summed E-state index contributed by atoms with van der Waals surface area (Å²) in [4.78, 5) is 21.7. The van der Waals surface area contributed by atoms with Crippen molar-refractivity contribution in [1.29, 1.82) is 0 Å². The second kappa shape index (κ2) is 5.35. The van der Waals surface area contributed by atoms with E-state index in [9.17, 15) is 10.1 Å². The second-order valence-electron chi connectivity index (χ2n) is 5.44. The van der Waals surface area contributed by atoms with Crippen LogP contribution in [-0.4, -0.2) is 19.9 Å². The number of oxazole rings is 1. The number of anilines is 2. The van der Waals surface area contributed by atoms with E-state index in [1.54, 1.807) is 6.20 Å². The second-order valence-corrected chi connectivity index (χ2v) is 5.44. The third-order valence-electron chi connectivity index (χ3n) is 2.69. The monoisotopic (exact) mass is 292 g/mol. The summed E-state index contributed by atoms with van der Waals surface area (Å²) < 4.78 is 5.59. The van der Waals surface area contributed by atoms with E-state index >= 15 is 0 Å². The first-order valence-electron chi connectivity index (χ1n) is 6.23. The van der Waals surface area contributed by atoms with Gasteiger partial charge in [-0.2, -0.15) is 4.98 Å². The Morgan fingerprint density at radius 3 is 2.62 bits per heavy atom. The zero-order chi connectivity index (χ0) is 15.6. The topological polar surface area (TPSA) is 133 Å². The van der Waals surface area contributed by atoms with Gasteiger partial charge in [-0.15, -0.1) is 0 Å². The minimum atomic E-state index is -0.636. The van der Waals surface area contributed by atoms with Crippen LogP contribution in [0.5, 0.6) is 0 Å². The molecule has 9 nitrogen and oxygen atoms in total. The molecule has 0 saturated heterocycles. The highest BCUT2D eigenvalue weighted by Gasteiger charge is 2.19. The zero-order valence-corrected chi connectivity index (χ0v) is 12.0. The molecule has 0 bridgehead atoms. The number of nitrogens with zero attached hydrogens (tertiary/aromatic N) is 4. The maximum Gasteiger partial charge on any atom is 0.329 e. The SMILES string of the molecule is CC(C)(C)c1cnc(CNc2ncc([N+](=O)[O-])c(N)n2)o1. The Bertz CT molecular complexity index is 661. The van der Waals surface area contributed by atoms with Crippen LogP contribution in [0, 0.1) is 10.1 Å². The third kappa shape index (κ3) is 3.44. The van der Waals surface area contributed by atoms with Gasteiger partial charge in [-0.05, 0) is 0 Å². The number of nitrogens with one attached hydrogen (secondary N) is 1.